The van der Waals surface area contributed by atoms with E-state index in [-0.39, 0.29) is 30.2 Å². The van der Waals surface area contributed by atoms with E-state index in [9.17, 15) is 18.0 Å². The zero-order chi connectivity index (χ0) is 22.7. The van der Waals surface area contributed by atoms with Crippen LogP contribution >= 0.6 is 0 Å². The second kappa shape index (κ2) is 8.74. The fourth-order valence-electron chi connectivity index (χ4n) is 3.34. The number of aromatic nitrogens is 2. The van der Waals surface area contributed by atoms with E-state index in [0.29, 0.717) is 11.2 Å². The normalized spacial score (nSPS) is 11.5. The minimum atomic E-state index is -4.58. The molecule has 8 heteroatoms. The van der Waals surface area contributed by atoms with Crippen molar-refractivity contribution in [3.05, 3.63) is 89.9 Å². The number of pyridine rings is 1. The monoisotopic (exact) mass is 440 g/mol. The van der Waals surface area contributed by atoms with Crippen molar-refractivity contribution in [3.8, 4) is 16.9 Å². The number of fused-ring (bicyclic) bond motifs is 1. The van der Waals surface area contributed by atoms with Gasteiger partial charge in [-0.2, -0.15) is 13.2 Å². The summed E-state index contributed by atoms with van der Waals surface area (Å²) in [6.07, 6.45) is -1.74. The Labute approximate surface area is 182 Å². The van der Waals surface area contributed by atoms with Crippen LogP contribution < -0.4 is 4.74 Å². The van der Waals surface area contributed by atoms with Gasteiger partial charge >= 0.3 is 12.1 Å². The molecule has 164 valence electrons. The molecular formula is C24H19F3N2O3. The van der Waals surface area contributed by atoms with E-state index in [1.165, 1.54) is 41.1 Å². The van der Waals surface area contributed by atoms with Crippen LogP contribution in [0.2, 0.25) is 0 Å². The van der Waals surface area contributed by atoms with E-state index in [1.807, 2.05) is 30.3 Å². The van der Waals surface area contributed by atoms with E-state index in [1.54, 1.807) is 6.92 Å². The average Bonchev–Trinajstić information content (AvgIpc) is 3.21. The quantitative estimate of drug-likeness (QED) is 0.357. The van der Waals surface area contributed by atoms with Gasteiger partial charge in [0.1, 0.15) is 18.0 Å². The number of carbonyl (C=O) groups is 1. The summed E-state index contributed by atoms with van der Waals surface area (Å²) < 4.78 is 53.6. The van der Waals surface area contributed by atoms with Crippen molar-refractivity contribution >= 4 is 11.6 Å². The third kappa shape index (κ3) is 4.44. The number of alkyl halides is 3. The van der Waals surface area contributed by atoms with Crippen LogP contribution in [-0.4, -0.2) is 22.0 Å². The van der Waals surface area contributed by atoms with Gasteiger partial charge in [-0.15, -0.1) is 0 Å². The van der Waals surface area contributed by atoms with Crippen molar-refractivity contribution in [2.45, 2.75) is 19.7 Å². The molecule has 0 fully saturated rings. The van der Waals surface area contributed by atoms with Gasteiger partial charge in [0.05, 0.1) is 18.4 Å². The number of carbonyl (C=O) groups excluding carboxylic acids is 1. The Balaban J connectivity index is 1.67. The van der Waals surface area contributed by atoms with E-state index in [0.717, 1.165) is 11.6 Å². The molecule has 0 aliphatic rings. The smallest absolute Gasteiger partial charge is 0.417 e. The number of hydrogen-bond donors (Lipinski definition) is 0. The second-order valence-electron chi connectivity index (χ2n) is 6.99. The molecular weight excluding hydrogens is 421 g/mol. The Morgan fingerprint density at radius 3 is 2.56 bits per heavy atom. The molecule has 0 N–H and O–H groups in total. The van der Waals surface area contributed by atoms with Crippen LogP contribution in [0.1, 0.15) is 28.5 Å². The molecule has 0 saturated carbocycles. The van der Waals surface area contributed by atoms with E-state index in [2.05, 4.69) is 4.98 Å². The van der Waals surface area contributed by atoms with Gasteiger partial charge in [0.25, 0.3) is 0 Å². The first kappa shape index (κ1) is 21.4. The Hall–Kier alpha value is -3.81. The first-order chi connectivity index (χ1) is 15.4. The summed E-state index contributed by atoms with van der Waals surface area (Å²) >= 11 is 0. The van der Waals surface area contributed by atoms with Gasteiger partial charge in [-0.25, -0.2) is 9.78 Å². The minimum absolute atomic E-state index is 0.00672. The Morgan fingerprint density at radius 2 is 1.84 bits per heavy atom. The zero-order valence-corrected chi connectivity index (χ0v) is 17.1. The highest BCUT2D eigenvalue weighted by Gasteiger charge is 2.34. The highest BCUT2D eigenvalue weighted by molar-refractivity contribution is 5.88. The van der Waals surface area contributed by atoms with Crippen LogP contribution in [0, 0.1) is 0 Å². The van der Waals surface area contributed by atoms with Gasteiger partial charge in [0.15, 0.2) is 5.69 Å². The first-order valence-electron chi connectivity index (χ1n) is 9.89. The molecule has 5 nitrogen and oxygen atoms in total. The maximum Gasteiger partial charge on any atom is 0.417 e. The largest absolute Gasteiger partial charge is 0.489 e. The van der Waals surface area contributed by atoms with Crippen LogP contribution in [0.25, 0.3) is 16.8 Å². The van der Waals surface area contributed by atoms with Gasteiger partial charge in [-0.3, -0.25) is 4.40 Å². The lowest BCUT2D eigenvalue weighted by molar-refractivity contribution is -0.137. The van der Waals surface area contributed by atoms with Crippen molar-refractivity contribution < 1.29 is 27.4 Å². The van der Waals surface area contributed by atoms with Gasteiger partial charge in [-0.05, 0) is 47.9 Å². The summed E-state index contributed by atoms with van der Waals surface area (Å²) in [5.74, 6) is -0.430. The number of esters is 1. The lowest BCUT2D eigenvalue weighted by Crippen LogP contribution is -2.09. The Kier molecular flexibility index (Phi) is 5.85. The van der Waals surface area contributed by atoms with Gasteiger partial charge in [-0.1, -0.05) is 36.4 Å². The number of nitrogens with zero attached hydrogens (tertiary/aromatic N) is 2. The SMILES string of the molecule is CCOC(=O)c1cnc2cc(-c3ccc(OCc4ccccc4)cc3C(F)(F)F)ccn12. The maximum atomic E-state index is 13.8. The first-order valence-corrected chi connectivity index (χ1v) is 9.89. The molecule has 4 rings (SSSR count). The lowest BCUT2D eigenvalue weighted by Gasteiger charge is -2.16. The molecule has 0 unspecified atom stereocenters. The van der Waals surface area contributed by atoms with Crippen molar-refractivity contribution in [2.75, 3.05) is 6.61 Å². The van der Waals surface area contributed by atoms with Crippen LogP contribution in [-0.2, 0) is 17.5 Å². The summed E-state index contributed by atoms with van der Waals surface area (Å²) in [6.45, 7) is 2.05. The van der Waals surface area contributed by atoms with Crippen molar-refractivity contribution in [3.63, 3.8) is 0 Å². The topological polar surface area (TPSA) is 52.8 Å². The van der Waals surface area contributed by atoms with Crippen LogP contribution in [0.15, 0.2) is 73.1 Å². The van der Waals surface area contributed by atoms with Crippen LogP contribution in [0.3, 0.4) is 0 Å². The van der Waals surface area contributed by atoms with Crippen molar-refractivity contribution in [2.24, 2.45) is 0 Å². The fraction of sp³-hybridized carbons (Fsp3) is 0.167. The van der Waals surface area contributed by atoms with Crippen LogP contribution in [0.5, 0.6) is 5.75 Å². The van der Waals surface area contributed by atoms with E-state index < -0.39 is 17.7 Å². The fourth-order valence-corrected chi connectivity index (χ4v) is 3.34. The predicted octanol–water partition coefficient (Wildman–Crippen LogP) is 5.78. The molecule has 0 saturated heterocycles. The molecule has 0 aliphatic heterocycles. The number of ether oxygens (including phenoxy) is 2. The van der Waals surface area contributed by atoms with E-state index >= 15 is 0 Å². The van der Waals surface area contributed by atoms with Crippen molar-refractivity contribution in [1.29, 1.82) is 0 Å². The molecule has 0 amide bonds. The Morgan fingerprint density at radius 1 is 1.06 bits per heavy atom. The summed E-state index contributed by atoms with van der Waals surface area (Å²) in [6, 6.07) is 16.1. The van der Waals surface area contributed by atoms with Gasteiger partial charge in [0.2, 0.25) is 0 Å². The predicted molar refractivity (Wildman–Crippen MR) is 112 cm³/mol. The average molecular weight is 440 g/mol. The molecule has 2 aromatic carbocycles. The standard InChI is InChI=1S/C24H19F3N2O3/c1-2-31-23(30)21-14-28-22-12-17(10-11-29(21)22)19-9-8-18(13-20(19)24(25,26)27)32-15-16-6-4-3-5-7-16/h3-14H,2,15H2,1H3. The number of halogens is 3. The maximum absolute atomic E-state index is 13.8. The zero-order valence-electron chi connectivity index (χ0n) is 17.1. The number of imidazole rings is 1. The molecule has 0 bridgehead atoms. The van der Waals surface area contributed by atoms with Crippen LogP contribution in [0.4, 0.5) is 13.2 Å². The molecule has 2 aromatic heterocycles. The van der Waals surface area contributed by atoms with E-state index in [4.69, 9.17) is 9.47 Å². The number of hydrogen-bond acceptors (Lipinski definition) is 4. The minimum Gasteiger partial charge on any atom is -0.489 e. The highest BCUT2D eigenvalue weighted by Crippen LogP contribution is 2.39. The van der Waals surface area contributed by atoms with Crippen molar-refractivity contribution in [1.82, 2.24) is 9.38 Å². The molecule has 0 spiro atoms. The lowest BCUT2D eigenvalue weighted by atomic mass is 9.99. The number of benzene rings is 2. The molecule has 0 radical (unpaired) electrons. The summed E-state index contributed by atoms with van der Waals surface area (Å²) in [5, 5.41) is 0. The van der Waals surface area contributed by atoms with Gasteiger partial charge in [0, 0.05) is 6.20 Å². The molecule has 0 aliphatic carbocycles. The summed E-state index contributed by atoms with van der Waals surface area (Å²) in [4.78, 5) is 16.2. The molecule has 32 heavy (non-hydrogen) atoms. The Bertz CT molecular complexity index is 1250. The molecule has 0 atom stereocenters. The summed E-state index contributed by atoms with van der Waals surface area (Å²) in [5.41, 5.74) is 0.891. The highest BCUT2D eigenvalue weighted by atomic mass is 19.4. The third-order valence-corrected chi connectivity index (χ3v) is 4.85. The number of rotatable bonds is 6. The third-order valence-electron chi connectivity index (χ3n) is 4.85. The molecule has 2 heterocycles. The van der Waals surface area contributed by atoms with Gasteiger partial charge < -0.3 is 9.47 Å². The second-order valence-corrected chi connectivity index (χ2v) is 6.99. The molecule has 4 aromatic rings. The summed E-state index contributed by atoms with van der Waals surface area (Å²) in [7, 11) is 0.